The highest BCUT2D eigenvalue weighted by Crippen LogP contribution is 2.41. The van der Waals surface area contributed by atoms with Gasteiger partial charge in [-0.05, 0) is 38.1 Å². The third-order valence-corrected chi connectivity index (χ3v) is 3.63. The second-order valence-corrected chi connectivity index (χ2v) is 5.00. The van der Waals surface area contributed by atoms with Crippen LogP contribution < -0.4 is 5.32 Å². The molecular formula is C12H25N. The molecule has 1 aliphatic carbocycles. The van der Waals surface area contributed by atoms with E-state index in [2.05, 4.69) is 26.2 Å². The van der Waals surface area contributed by atoms with Crippen LogP contribution in [0.15, 0.2) is 0 Å². The van der Waals surface area contributed by atoms with Gasteiger partial charge >= 0.3 is 0 Å². The van der Waals surface area contributed by atoms with Crippen LogP contribution in [0, 0.1) is 5.41 Å². The summed E-state index contributed by atoms with van der Waals surface area (Å²) < 4.78 is 0. The molecule has 0 radical (unpaired) electrons. The fourth-order valence-corrected chi connectivity index (χ4v) is 2.60. The van der Waals surface area contributed by atoms with Crippen LogP contribution in [0.5, 0.6) is 0 Å². The van der Waals surface area contributed by atoms with Crippen LogP contribution in [-0.2, 0) is 0 Å². The van der Waals surface area contributed by atoms with E-state index < -0.39 is 0 Å². The van der Waals surface area contributed by atoms with Crippen LogP contribution in [0.3, 0.4) is 0 Å². The molecule has 0 aliphatic heterocycles. The van der Waals surface area contributed by atoms with Crippen LogP contribution in [0.4, 0.5) is 0 Å². The maximum absolute atomic E-state index is 3.41. The lowest BCUT2D eigenvalue weighted by Gasteiger charge is -2.23. The van der Waals surface area contributed by atoms with Gasteiger partial charge in [0.05, 0.1) is 0 Å². The molecule has 1 aliphatic rings. The summed E-state index contributed by atoms with van der Waals surface area (Å²) in [7, 11) is 2.10. The topological polar surface area (TPSA) is 12.0 Å². The van der Waals surface area contributed by atoms with Crippen LogP contribution in [0.2, 0.25) is 0 Å². The van der Waals surface area contributed by atoms with E-state index in [4.69, 9.17) is 0 Å². The molecule has 1 rings (SSSR count). The molecule has 0 bridgehead atoms. The first-order valence-corrected chi connectivity index (χ1v) is 5.87. The van der Waals surface area contributed by atoms with Crippen molar-refractivity contribution in [3.8, 4) is 0 Å². The van der Waals surface area contributed by atoms with E-state index in [0.717, 1.165) is 6.04 Å². The van der Waals surface area contributed by atoms with Gasteiger partial charge in [-0.3, -0.25) is 0 Å². The predicted molar refractivity (Wildman–Crippen MR) is 58.9 cm³/mol. The zero-order valence-corrected chi connectivity index (χ0v) is 9.53. The summed E-state index contributed by atoms with van der Waals surface area (Å²) in [6, 6.07) is 0.798. The highest BCUT2D eigenvalue weighted by molar-refractivity contribution is 4.88. The summed E-state index contributed by atoms with van der Waals surface area (Å²) in [5.41, 5.74) is 0.656. The lowest BCUT2D eigenvalue weighted by atomic mass is 9.83. The largest absolute Gasteiger partial charge is 0.317 e. The lowest BCUT2D eigenvalue weighted by Crippen LogP contribution is -2.23. The van der Waals surface area contributed by atoms with Gasteiger partial charge in [0, 0.05) is 6.04 Å². The molecule has 0 spiro atoms. The highest BCUT2D eigenvalue weighted by atomic mass is 14.9. The Kier molecular flexibility index (Phi) is 4.24. The molecule has 0 aromatic rings. The van der Waals surface area contributed by atoms with E-state index in [1.807, 2.05) is 0 Å². The van der Waals surface area contributed by atoms with E-state index in [9.17, 15) is 0 Å². The van der Waals surface area contributed by atoms with Crippen LogP contribution in [0.25, 0.3) is 0 Å². The molecule has 13 heavy (non-hydrogen) atoms. The standard InChI is InChI=1S/C12H25N/c1-4-5-6-8-12(2)9-7-11(10-12)13-3/h11,13H,4-10H2,1-3H3. The van der Waals surface area contributed by atoms with Crippen molar-refractivity contribution in [2.75, 3.05) is 7.05 Å². The Balaban J connectivity index is 2.23. The zero-order chi connectivity index (χ0) is 9.73. The van der Waals surface area contributed by atoms with Gasteiger partial charge in [0.1, 0.15) is 0 Å². The van der Waals surface area contributed by atoms with Crippen molar-refractivity contribution in [2.24, 2.45) is 5.41 Å². The Bertz CT molecular complexity index is 144. The van der Waals surface area contributed by atoms with Gasteiger partial charge in [-0.25, -0.2) is 0 Å². The lowest BCUT2D eigenvalue weighted by molar-refractivity contribution is 0.288. The Hall–Kier alpha value is -0.0400. The van der Waals surface area contributed by atoms with Crippen molar-refractivity contribution < 1.29 is 0 Å². The third-order valence-electron chi connectivity index (χ3n) is 3.63. The molecule has 1 saturated carbocycles. The van der Waals surface area contributed by atoms with E-state index in [0.29, 0.717) is 5.41 Å². The molecule has 2 atom stereocenters. The smallest absolute Gasteiger partial charge is 0.00694 e. The molecule has 0 saturated heterocycles. The fourth-order valence-electron chi connectivity index (χ4n) is 2.60. The third kappa shape index (κ3) is 3.30. The van der Waals surface area contributed by atoms with E-state index in [1.165, 1.54) is 44.9 Å². The number of hydrogen-bond donors (Lipinski definition) is 1. The van der Waals surface area contributed by atoms with Gasteiger partial charge in [0.2, 0.25) is 0 Å². The highest BCUT2D eigenvalue weighted by Gasteiger charge is 2.33. The SMILES string of the molecule is CCCCCC1(C)CCC(NC)C1. The second-order valence-electron chi connectivity index (χ2n) is 5.00. The quantitative estimate of drug-likeness (QED) is 0.645. The van der Waals surface area contributed by atoms with Crippen molar-refractivity contribution in [3.05, 3.63) is 0 Å². The number of unbranched alkanes of at least 4 members (excludes halogenated alkanes) is 2. The monoisotopic (exact) mass is 183 g/mol. The summed E-state index contributed by atoms with van der Waals surface area (Å²) in [5.74, 6) is 0. The average Bonchev–Trinajstić information content (AvgIpc) is 2.49. The molecule has 1 N–H and O–H groups in total. The van der Waals surface area contributed by atoms with Gasteiger partial charge < -0.3 is 5.32 Å². The van der Waals surface area contributed by atoms with Gasteiger partial charge in [-0.15, -0.1) is 0 Å². The molecule has 0 aromatic heterocycles. The first kappa shape index (κ1) is 11.0. The van der Waals surface area contributed by atoms with E-state index >= 15 is 0 Å². The minimum Gasteiger partial charge on any atom is -0.317 e. The minimum atomic E-state index is 0.656. The summed E-state index contributed by atoms with van der Waals surface area (Å²) >= 11 is 0. The average molecular weight is 183 g/mol. The Morgan fingerprint density at radius 1 is 1.38 bits per heavy atom. The van der Waals surface area contributed by atoms with E-state index in [1.54, 1.807) is 0 Å². The zero-order valence-electron chi connectivity index (χ0n) is 9.53. The maximum atomic E-state index is 3.41. The van der Waals surface area contributed by atoms with Gasteiger partial charge in [0.25, 0.3) is 0 Å². The molecule has 78 valence electrons. The Labute approximate surface area is 83.3 Å². The molecule has 1 fully saturated rings. The van der Waals surface area contributed by atoms with Crippen molar-refractivity contribution >= 4 is 0 Å². The molecule has 0 heterocycles. The Morgan fingerprint density at radius 2 is 2.15 bits per heavy atom. The number of rotatable bonds is 5. The summed E-state index contributed by atoms with van der Waals surface area (Å²) in [6.45, 7) is 4.76. The number of hydrogen-bond acceptors (Lipinski definition) is 1. The van der Waals surface area contributed by atoms with Gasteiger partial charge in [-0.1, -0.05) is 33.1 Å². The molecule has 2 unspecified atom stereocenters. The molecule has 1 nitrogen and oxygen atoms in total. The summed E-state index contributed by atoms with van der Waals surface area (Å²) in [4.78, 5) is 0. The fraction of sp³-hybridized carbons (Fsp3) is 1.00. The van der Waals surface area contributed by atoms with Gasteiger partial charge in [0.15, 0.2) is 0 Å². The van der Waals surface area contributed by atoms with Crippen molar-refractivity contribution in [2.45, 2.75) is 64.8 Å². The first-order valence-electron chi connectivity index (χ1n) is 5.87. The maximum Gasteiger partial charge on any atom is 0.00694 e. The minimum absolute atomic E-state index is 0.656. The van der Waals surface area contributed by atoms with Crippen molar-refractivity contribution in [3.63, 3.8) is 0 Å². The molecule has 0 amide bonds. The predicted octanol–water partition coefficient (Wildman–Crippen LogP) is 3.34. The van der Waals surface area contributed by atoms with Crippen molar-refractivity contribution in [1.82, 2.24) is 5.32 Å². The van der Waals surface area contributed by atoms with Crippen molar-refractivity contribution in [1.29, 1.82) is 0 Å². The van der Waals surface area contributed by atoms with Crippen LogP contribution in [-0.4, -0.2) is 13.1 Å². The summed E-state index contributed by atoms with van der Waals surface area (Å²) in [6.07, 6.45) is 9.86. The van der Waals surface area contributed by atoms with Gasteiger partial charge in [-0.2, -0.15) is 0 Å². The summed E-state index contributed by atoms with van der Waals surface area (Å²) in [5, 5.41) is 3.41. The van der Waals surface area contributed by atoms with E-state index in [-0.39, 0.29) is 0 Å². The number of nitrogens with one attached hydrogen (secondary N) is 1. The van der Waals surface area contributed by atoms with Crippen LogP contribution >= 0.6 is 0 Å². The molecular weight excluding hydrogens is 158 g/mol. The first-order chi connectivity index (χ1) is 6.20. The molecule has 1 heteroatoms. The Morgan fingerprint density at radius 3 is 2.69 bits per heavy atom. The second kappa shape index (κ2) is 4.99. The normalized spacial score (nSPS) is 33.9. The molecule has 0 aromatic carbocycles. The van der Waals surface area contributed by atoms with Crippen LogP contribution in [0.1, 0.15) is 58.8 Å².